The summed E-state index contributed by atoms with van der Waals surface area (Å²) in [6.45, 7) is 5.07. The number of aliphatic hydroxyl groups excluding tert-OH is 1. The number of carbonyl (C=O) groups excluding carboxylic acids is 3. The Balaban J connectivity index is 1.53. The van der Waals surface area contributed by atoms with E-state index in [1.807, 2.05) is 37.3 Å². The number of fused-ring (bicyclic) bond motifs is 1. The van der Waals surface area contributed by atoms with Crippen molar-refractivity contribution < 1.29 is 24.2 Å². The summed E-state index contributed by atoms with van der Waals surface area (Å²) in [7, 11) is 0. The molecule has 3 aliphatic heterocycles. The lowest BCUT2D eigenvalue weighted by Crippen LogP contribution is -2.56. The second kappa shape index (κ2) is 11.7. The van der Waals surface area contributed by atoms with Crippen LogP contribution in [0.1, 0.15) is 70.8 Å². The van der Waals surface area contributed by atoms with Gasteiger partial charge in [0.15, 0.2) is 0 Å². The summed E-state index contributed by atoms with van der Waals surface area (Å²) in [5, 5.41) is 15.2. The van der Waals surface area contributed by atoms with E-state index in [-0.39, 0.29) is 36.5 Å². The van der Waals surface area contributed by atoms with Crippen LogP contribution in [-0.4, -0.2) is 64.7 Å². The standard InChI is InChI=1S/C28H41N3O5/c1-3-11-19(2)30-26(34)24-28-15-14-21(36-28)22(25(33)29-18-20-12-7-6-8-13-20)23(28)27(35)31(24)16-9-4-5-10-17-32/h6-8,12-13,19,21-24,32H,3-5,9-11,14-18H2,1-2H3,(H,29,33)(H,30,34)/t19?,21-,22+,23+,24?,28?/m1/s1. The molecule has 198 valence electrons. The SMILES string of the molecule is CCCC(C)NC(=O)C1N(CCCCCCO)C(=O)[C@@H]2[C@@H](C(=O)NCc3ccccc3)[C@H]3CCC12O3. The highest BCUT2D eigenvalue weighted by Crippen LogP contribution is 2.58. The summed E-state index contributed by atoms with van der Waals surface area (Å²) in [4.78, 5) is 42.5. The van der Waals surface area contributed by atoms with Crippen molar-refractivity contribution in [3.63, 3.8) is 0 Å². The molecule has 3 N–H and O–H groups in total. The Bertz CT molecular complexity index is 925. The highest BCUT2D eigenvalue weighted by Gasteiger charge is 2.74. The summed E-state index contributed by atoms with van der Waals surface area (Å²) in [5.41, 5.74) is 0.0477. The van der Waals surface area contributed by atoms with E-state index >= 15 is 0 Å². The Morgan fingerprint density at radius 3 is 2.64 bits per heavy atom. The Morgan fingerprint density at radius 2 is 1.92 bits per heavy atom. The average molecular weight is 500 g/mol. The van der Waals surface area contributed by atoms with Gasteiger partial charge >= 0.3 is 0 Å². The second-order valence-electron chi connectivity index (χ2n) is 10.6. The minimum atomic E-state index is -0.947. The van der Waals surface area contributed by atoms with Gasteiger partial charge in [-0.05, 0) is 44.6 Å². The highest BCUT2D eigenvalue weighted by atomic mass is 16.5. The van der Waals surface area contributed by atoms with Crippen LogP contribution in [0, 0.1) is 11.8 Å². The molecule has 3 fully saturated rings. The van der Waals surface area contributed by atoms with Gasteiger partial charge < -0.3 is 25.4 Å². The molecule has 0 radical (unpaired) electrons. The van der Waals surface area contributed by atoms with E-state index in [1.165, 1.54) is 0 Å². The molecule has 3 heterocycles. The van der Waals surface area contributed by atoms with Gasteiger partial charge in [0.05, 0.1) is 17.9 Å². The Kier molecular flexibility index (Phi) is 8.67. The minimum absolute atomic E-state index is 0.00280. The Hall–Kier alpha value is -2.45. The first-order valence-electron chi connectivity index (χ1n) is 13.6. The van der Waals surface area contributed by atoms with Gasteiger partial charge in [-0.15, -0.1) is 0 Å². The van der Waals surface area contributed by atoms with Crippen LogP contribution in [0.25, 0.3) is 0 Å². The molecule has 3 amide bonds. The predicted molar refractivity (Wildman–Crippen MR) is 136 cm³/mol. The number of ether oxygens (including phenoxy) is 1. The van der Waals surface area contributed by atoms with Gasteiger partial charge in [-0.25, -0.2) is 0 Å². The number of aliphatic hydroxyl groups is 1. The molecule has 3 saturated heterocycles. The van der Waals surface area contributed by atoms with Gasteiger partial charge in [-0.2, -0.15) is 0 Å². The van der Waals surface area contributed by atoms with Gasteiger partial charge in [0.2, 0.25) is 17.7 Å². The molecule has 8 heteroatoms. The number of amides is 3. The van der Waals surface area contributed by atoms with E-state index in [1.54, 1.807) is 4.90 Å². The monoisotopic (exact) mass is 499 g/mol. The van der Waals surface area contributed by atoms with Crippen molar-refractivity contribution in [2.45, 2.75) is 95.5 Å². The number of carbonyl (C=O) groups is 3. The maximum Gasteiger partial charge on any atom is 0.246 e. The second-order valence-corrected chi connectivity index (χ2v) is 10.6. The van der Waals surface area contributed by atoms with E-state index < -0.39 is 23.5 Å². The van der Waals surface area contributed by atoms with Crippen molar-refractivity contribution in [2.24, 2.45) is 11.8 Å². The molecule has 1 spiro atoms. The van der Waals surface area contributed by atoms with Gasteiger partial charge in [-0.3, -0.25) is 14.4 Å². The largest absolute Gasteiger partial charge is 0.396 e. The molecular formula is C28H41N3O5. The molecule has 2 bridgehead atoms. The van der Waals surface area contributed by atoms with Gasteiger partial charge in [0.1, 0.15) is 11.6 Å². The summed E-state index contributed by atoms with van der Waals surface area (Å²) < 4.78 is 6.47. The zero-order chi connectivity index (χ0) is 25.7. The lowest BCUT2D eigenvalue weighted by atomic mass is 9.70. The normalized spacial score (nSPS) is 29.3. The van der Waals surface area contributed by atoms with Crippen LogP contribution >= 0.6 is 0 Å². The third-order valence-electron chi connectivity index (χ3n) is 8.08. The number of likely N-dealkylation sites (tertiary alicyclic amines) is 1. The van der Waals surface area contributed by atoms with E-state index in [2.05, 4.69) is 17.6 Å². The summed E-state index contributed by atoms with van der Waals surface area (Å²) in [5.74, 6) is -1.71. The van der Waals surface area contributed by atoms with Crippen molar-refractivity contribution in [3.05, 3.63) is 35.9 Å². The number of rotatable bonds is 13. The van der Waals surface area contributed by atoms with Crippen LogP contribution in [0.5, 0.6) is 0 Å². The zero-order valence-electron chi connectivity index (χ0n) is 21.6. The van der Waals surface area contributed by atoms with Crippen LogP contribution in [0.2, 0.25) is 0 Å². The van der Waals surface area contributed by atoms with Crippen molar-refractivity contribution in [2.75, 3.05) is 13.2 Å². The van der Waals surface area contributed by atoms with E-state index in [0.717, 1.165) is 44.1 Å². The minimum Gasteiger partial charge on any atom is -0.396 e. The lowest BCUT2D eigenvalue weighted by molar-refractivity contribution is -0.142. The Labute approximate surface area is 214 Å². The first kappa shape index (κ1) is 26.6. The molecule has 3 aliphatic rings. The van der Waals surface area contributed by atoms with Gasteiger partial charge in [0.25, 0.3) is 0 Å². The fraction of sp³-hybridized carbons (Fsp3) is 0.679. The molecule has 0 aromatic heterocycles. The van der Waals surface area contributed by atoms with E-state index in [9.17, 15) is 14.4 Å². The molecule has 6 atom stereocenters. The summed E-state index contributed by atoms with van der Waals surface area (Å²) >= 11 is 0. The molecule has 3 unspecified atom stereocenters. The first-order valence-corrected chi connectivity index (χ1v) is 13.6. The van der Waals surface area contributed by atoms with Gasteiger partial charge in [-0.1, -0.05) is 56.5 Å². The fourth-order valence-electron chi connectivity index (χ4n) is 6.47. The summed E-state index contributed by atoms with van der Waals surface area (Å²) in [6, 6.07) is 8.98. The third-order valence-corrected chi connectivity index (χ3v) is 8.08. The molecule has 8 nitrogen and oxygen atoms in total. The van der Waals surface area contributed by atoms with Crippen LogP contribution < -0.4 is 10.6 Å². The van der Waals surface area contributed by atoms with Gasteiger partial charge in [0, 0.05) is 25.7 Å². The van der Waals surface area contributed by atoms with Crippen LogP contribution in [0.3, 0.4) is 0 Å². The molecular weight excluding hydrogens is 458 g/mol. The maximum atomic E-state index is 13.9. The number of unbranched alkanes of at least 4 members (excludes halogenated alkanes) is 3. The van der Waals surface area contributed by atoms with Crippen molar-refractivity contribution in [1.29, 1.82) is 0 Å². The number of hydrogen-bond donors (Lipinski definition) is 3. The van der Waals surface area contributed by atoms with Crippen molar-refractivity contribution >= 4 is 17.7 Å². The van der Waals surface area contributed by atoms with Crippen LogP contribution in [0.15, 0.2) is 30.3 Å². The first-order chi connectivity index (χ1) is 17.4. The molecule has 1 aromatic carbocycles. The summed E-state index contributed by atoms with van der Waals surface area (Å²) in [6.07, 6.45) is 5.97. The molecule has 4 rings (SSSR count). The number of hydrogen-bond acceptors (Lipinski definition) is 5. The molecule has 0 saturated carbocycles. The quantitative estimate of drug-likeness (QED) is 0.362. The average Bonchev–Trinajstić information content (AvgIpc) is 3.50. The van der Waals surface area contributed by atoms with Crippen LogP contribution in [-0.2, 0) is 25.7 Å². The van der Waals surface area contributed by atoms with E-state index in [0.29, 0.717) is 25.9 Å². The highest BCUT2D eigenvalue weighted by molar-refractivity contribution is 5.99. The lowest BCUT2D eigenvalue weighted by Gasteiger charge is -2.34. The molecule has 36 heavy (non-hydrogen) atoms. The fourth-order valence-corrected chi connectivity index (χ4v) is 6.47. The zero-order valence-corrected chi connectivity index (χ0v) is 21.6. The smallest absolute Gasteiger partial charge is 0.246 e. The molecule has 1 aromatic rings. The van der Waals surface area contributed by atoms with Crippen molar-refractivity contribution in [1.82, 2.24) is 15.5 Å². The van der Waals surface area contributed by atoms with Crippen LogP contribution in [0.4, 0.5) is 0 Å². The number of nitrogens with one attached hydrogen (secondary N) is 2. The van der Waals surface area contributed by atoms with Crippen molar-refractivity contribution in [3.8, 4) is 0 Å². The number of benzene rings is 1. The topological polar surface area (TPSA) is 108 Å². The van der Waals surface area contributed by atoms with E-state index in [4.69, 9.17) is 9.84 Å². The Morgan fingerprint density at radius 1 is 1.17 bits per heavy atom. The molecule has 0 aliphatic carbocycles. The third kappa shape index (κ3) is 5.16. The predicted octanol–water partition coefficient (Wildman–Crippen LogP) is 2.53. The number of nitrogens with zero attached hydrogens (tertiary/aromatic N) is 1. The maximum absolute atomic E-state index is 13.9.